The molecule has 33 heavy (non-hydrogen) atoms. The number of carboxylic acid groups (broad SMARTS) is 1. The molecule has 3 aromatic rings. The molecular weight excluding hydrogens is 505 g/mol. The first-order valence-electron chi connectivity index (χ1n) is 9.39. The van der Waals surface area contributed by atoms with Crippen LogP contribution in [0.25, 0.3) is 0 Å². The van der Waals surface area contributed by atoms with E-state index in [9.17, 15) is 18.3 Å². The molecule has 1 aliphatic heterocycles. The highest BCUT2D eigenvalue weighted by atomic mass is 79.9. The number of halogens is 4. The van der Waals surface area contributed by atoms with Crippen molar-refractivity contribution in [2.24, 2.45) is 10.7 Å². The molecule has 0 spiro atoms. The van der Waals surface area contributed by atoms with Gasteiger partial charge in [0.25, 0.3) is 0 Å². The second-order valence-corrected chi connectivity index (χ2v) is 7.80. The number of aliphatic imine (C=N–C) groups is 1. The van der Waals surface area contributed by atoms with E-state index in [1.165, 1.54) is 0 Å². The van der Waals surface area contributed by atoms with Gasteiger partial charge in [0, 0.05) is 5.56 Å². The zero-order valence-electron chi connectivity index (χ0n) is 17.1. The summed E-state index contributed by atoms with van der Waals surface area (Å²) in [6.45, 7) is 0. The molecule has 0 radical (unpaired) electrons. The van der Waals surface area contributed by atoms with Gasteiger partial charge in [-0.15, -0.1) is 0 Å². The predicted molar refractivity (Wildman–Crippen MR) is 120 cm³/mol. The number of aromatic hydroxyl groups is 1. The number of rotatable bonds is 3. The van der Waals surface area contributed by atoms with Crippen LogP contribution in [0.15, 0.2) is 76.2 Å². The number of benzene rings is 3. The normalized spacial score (nSPS) is 16.8. The molecule has 6 nitrogen and oxygen atoms in total. The standard InChI is InChI=1S/C21H17BrN2O2.C2HF3O2/c1-26-15-9-6-13(7-10-15)21(14-8-11-19(25)18(22)12-14)17-5-3-2-4-16(17)20(23)24-21;3-2(4,5)1(6)7/h2-12,25H,1H3,(H2,23,24);(H,6,7). The van der Waals surface area contributed by atoms with Gasteiger partial charge in [0.15, 0.2) is 0 Å². The maximum atomic E-state index is 10.6. The quantitative estimate of drug-likeness (QED) is 0.457. The largest absolute Gasteiger partial charge is 0.507 e. The van der Waals surface area contributed by atoms with E-state index in [-0.39, 0.29) is 5.75 Å². The lowest BCUT2D eigenvalue weighted by Crippen LogP contribution is -2.25. The van der Waals surface area contributed by atoms with Crippen LogP contribution in [0.2, 0.25) is 0 Å². The number of carbonyl (C=O) groups is 1. The van der Waals surface area contributed by atoms with Crippen LogP contribution in [-0.2, 0) is 10.3 Å². The van der Waals surface area contributed by atoms with Gasteiger partial charge >= 0.3 is 12.1 Å². The number of alkyl halides is 3. The number of phenolic OH excluding ortho intramolecular Hbond substituents is 1. The van der Waals surface area contributed by atoms with Gasteiger partial charge in [-0.25, -0.2) is 9.79 Å². The van der Waals surface area contributed by atoms with Gasteiger partial charge in [0.1, 0.15) is 22.9 Å². The molecule has 4 rings (SSSR count). The first-order chi connectivity index (χ1) is 15.5. The Kier molecular flexibility index (Phi) is 6.68. The maximum Gasteiger partial charge on any atom is 0.490 e. The van der Waals surface area contributed by atoms with Crippen molar-refractivity contribution >= 4 is 27.7 Å². The summed E-state index contributed by atoms with van der Waals surface area (Å²) in [5.41, 5.74) is 9.34. The van der Waals surface area contributed by atoms with Gasteiger partial charge in [0.05, 0.1) is 11.6 Å². The Balaban J connectivity index is 0.000000383. The molecule has 1 aliphatic rings. The van der Waals surface area contributed by atoms with Crippen molar-refractivity contribution in [3.05, 3.63) is 93.5 Å². The smallest absolute Gasteiger partial charge is 0.490 e. The summed E-state index contributed by atoms with van der Waals surface area (Å²) < 4.78 is 37.6. The minimum Gasteiger partial charge on any atom is -0.507 e. The Morgan fingerprint density at radius 2 is 1.64 bits per heavy atom. The molecule has 0 aliphatic carbocycles. The minimum atomic E-state index is -5.08. The van der Waals surface area contributed by atoms with Crippen LogP contribution in [0, 0.1) is 0 Å². The van der Waals surface area contributed by atoms with Crippen molar-refractivity contribution in [2.45, 2.75) is 11.7 Å². The fourth-order valence-corrected chi connectivity index (χ4v) is 3.87. The lowest BCUT2D eigenvalue weighted by molar-refractivity contribution is -0.192. The summed E-state index contributed by atoms with van der Waals surface area (Å²) >= 11 is 3.42. The second kappa shape index (κ2) is 9.14. The van der Waals surface area contributed by atoms with Crippen LogP contribution in [0.4, 0.5) is 13.2 Å². The SMILES string of the molecule is COc1ccc(C2(c3ccc(O)c(Br)c3)N=C(N)c3ccccc32)cc1.O=C(O)C(F)(F)F. The minimum absolute atomic E-state index is 0.182. The van der Waals surface area contributed by atoms with Gasteiger partial charge in [-0.2, -0.15) is 13.2 Å². The first kappa shape index (κ1) is 24.1. The van der Waals surface area contributed by atoms with Gasteiger partial charge in [-0.3, -0.25) is 0 Å². The molecular formula is C23H18BrF3N2O4. The Labute approximate surface area is 195 Å². The van der Waals surface area contributed by atoms with Crippen LogP contribution in [0.5, 0.6) is 11.5 Å². The topological polar surface area (TPSA) is 105 Å². The number of hydrogen-bond acceptors (Lipinski definition) is 5. The lowest BCUT2D eigenvalue weighted by Gasteiger charge is -2.29. The second-order valence-electron chi connectivity index (χ2n) is 6.95. The summed E-state index contributed by atoms with van der Waals surface area (Å²) in [6.07, 6.45) is -5.08. The van der Waals surface area contributed by atoms with Crippen molar-refractivity contribution in [1.29, 1.82) is 0 Å². The molecule has 1 heterocycles. The molecule has 10 heteroatoms. The number of nitrogens with two attached hydrogens (primary N) is 1. The van der Waals surface area contributed by atoms with E-state index in [1.54, 1.807) is 13.2 Å². The van der Waals surface area contributed by atoms with Crippen molar-refractivity contribution in [3.63, 3.8) is 0 Å². The third kappa shape index (κ3) is 4.65. The van der Waals surface area contributed by atoms with E-state index in [4.69, 9.17) is 25.4 Å². The summed E-state index contributed by atoms with van der Waals surface area (Å²) in [7, 11) is 1.64. The number of ether oxygens (including phenoxy) is 1. The first-order valence-corrected chi connectivity index (χ1v) is 10.2. The zero-order valence-corrected chi connectivity index (χ0v) is 18.7. The van der Waals surface area contributed by atoms with Crippen molar-refractivity contribution in [1.82, 2.24) is 0 Å². The van der Waals surface area contributed by atoms with Crippen LogP contribution < -0.4 is 10.5 Å². The Morgan fingerprint density at radius 3 is 2.18 bits per heavy atom. The van der Waals surface area contributed by atoms with Crippen molar-refractivity contribution in [3.8, 4) is 11.5 Å². The summed E-state index contributed by atoms with van der Waals surface area (Å²) in [4.78, 5) is 13.8. The van der Waals surface area contributed by atoms with Crippen molar-refractivity contribution < 1.29 is 32.9 Å². The highest BCUT2D eigenvalue weighted by Crippen LogP contribution is 2.47. The van der Waals surface area contributed by atoms with E-state index < -0.39 is 17.7 Å². The van der Waals surface area contributed by atoms with Crippen LogP contribution >= 0.6 is 15.9 Å². The third-order valence-electron chi connectivity index (χ3n) is 5.00. The van der Waals surface area contributed by atoms with E-state index in [1.807, 2.05) is 60.7 Å². The number of methoxy groups -OCH3 is 1. The molecule has 1 atom stereocenters. The molecule has 0 fully saturated rings. The fourth-order valence-electron chi connectivity index (χ4n) is 3.49. The van der Waals surface area contributed by atoms with Crippen molar-refractivity contribution in [2.75, 3.05) is 7.11 Å². The fraction of sp³-hybridized carbons (Fsp3) is 0.130. The molecule has 0 saturated heterocycles. The number of phenols is 1. The molecule has 172 valence electrons. The van der Waals surface area contributed by atoms with Crippen LogP contribution in [-0.4, -0.2) is 35.3 Å². The molecule has 0 saturated carbocycles. The number of hydrogen-bond donors (Lipinski definition) is 3. The van der Waals surface area contributed by atoms with Gasteiger partial charge < -0.3 is 20.7 Å². The molecule has 0 bridgehead atoms. The number of amidine groups is 1. The zero-order chi connectivity index (χ0) is 24.4. The molecule has 3 aromatic carbocycles. The summed E-state index contributed by atoms with van der Waals surface area (Å²) in [5, 5.41) is 17.1. The Morgan fingerprint density at radius 1 is 1.06 bits per heavy atom. The number of carboxylic acids is 1. The highest BCUT2D eigenvalue weighted by Gasteiger charge is 2.43. The average molecular weight is 523 g/mol. The van der Waals surface area contributed by atoms with Gasteiger partial charge in [-0.05, 0) is 56.9 Å². The van der Waals surface area contributed by atoms with E-state index in [0.29, 0.717) is 10.3 Å². The average Bonchev–Trinajstić information content (AvgIpc) is 3.09. The predicted octanol–water partition coefficient (Wildman–Crippen LogP) is 4.81. The van der Waals surface area contributed by atoms with Gasteiger partial charge in [-0.1, -0.05) is 42.5 Å². The maximum absolute atomic E-state index is 10.6. The molecule has 4 N–H and O–H groups in total. The third-order valence-corrected chi connectivity index (χ3v) is 5.63. The van der Waals surface area contributed by atoms with E-state index >= 15 is 0 Å². The Hall–Kier alpha value is -3.53. The summed E-state index contributed by atoms with van der Waals surface area (Å²) in [6, 6.07) is 21.2. The monoisotopic (exact) mass is 522 g/mol. The number of aliphatic carboxylic acids is 1. The number of nitrogens with zero attached hydrogens (tertiary/aromatic N) is 1. The molecule has 0 aromatic heterocycles. The highest BCUT2D eigenvalue weighted by molar-refractivity contribution is 9.10. The van der Waals surface area contributed by atoms with E-state index in [2.05, 4.69) is 15.9 Å². The summed E-state index contributed by atoms with van der Waals surface area (Å²) in [5.74, 6) is -1.30. The van der Waals surface area contributed by atoms with E-state index in [0.717, 1.165) is 28.0 Å². The molecule has 1 unspecified atom stereocenters. The van der Waals surface area contributed by atoms with Crippen LogP contribution in [0.1, 0.15) is 22.3 Å². The Bertz CT molecular complexity index is 1210. The molecule has 0 amide bonds. The van der Waals surface area contributed by atoms with Gasteiger partial charge in [0.2, 0.25) is 0 Å². The lowest BCUT2D eigenvalue weighted by atomic mass is 9.77. The van der Waals surface area contributed by atoms with Crippen LogP contribution in [0.3, 0.4) is 0 Å². The number of fused-ring (bicyclic) bond motifs is 1.